The Kier molecular flexibility index (Phi) is 6.44. The summed E-state index contributed by atoms with van der Waals surface area (Å²) in [5.41, 5.74) is -2.51. The zero-order valence-electron chi connectivity index (χ0n) is 17.7. The van der Waals surface area contributed by atoms with Gasteiger partial charge in [0.05, 0.1) is 18.2 Å². The minimum atomic E-state index is -4.79. The van der Waals surface area contributed by atoms with E-state index in [1.54, 1.807) is 26.0 Å². The second kappa shape index (κ2) is 8.80. The number of benzene rings is 2. The second-order valence-electron chi connectivity index (χ2n) is 7.92. The highest BCUT2D eigenvalue weighted by atomic mass is 32.1. The van der Waals surface area contributed by atoms with Crippen molar-refractivity contribution in [2.75, 3.05) is 9.80 Å². The maximum atomic E-state index is 14.7. The van der Waals surface area contributed by atoms with Gasteiger partial charge in [0.2, 0.25) is 0 Å². The van der Waals surface area contributed by atoms with Crippen molar-refractivity contribution in [3.8, 4) is 6.07 Å². The van der Waals surface area contributed by atoms with Gasteiger partial charge in [-0.05, 0) is 68.7 Å². The molecule has 33 heavy (non-hydrogen) atoms. The van der Waals surface area contributed by atoms with Crippen molar-refractivity contribution in [3.05, 3.63) is 64.8 Å². The summed E-state index contributed by atoms with van der Waals surface area (Å²) in [7, 11) is 0. The molecule has 0 unspecified atom stereocenters. The SMILES string of the molecule is [C-]#[N+]c1ccc(N2C(=O)C(C)(C)N(c3ccc(CCCC#N)c(F)c3)C2=S)cc1C(F)(F)F. The average molecular weight is 474 g/mol. The normalized spacial score (nSPS) is 15.5. The van der Waals surface area contributed by atoms with Gasteiger partial charge in [-0.25, -0.2) is 9.24 Å². The topological polar surface area (TPSA) is 51.7 Å². The van der Waals surface area contributed by atoms with E-state index in [0.29, 0.717) is 24.8 Å². The van der Waals surface area contributed by atoms with E-state index in [-0.39, 0.29) is 16.5 Å². The van der Waals surface area contributed by atoms with Crippen LogP contribution in [0.15, 0.2) is 36.4 Å². The molecule has 10 heteroatoms. The van der Waals surface area contributed by atoms with Gasteiger partial charge in [0.15, 0.2) is 10.8 Å². The third kappa shape index (κ3) is 4.39. The number of amides is 1. The number of carbonyl (C=O) groups excluding carboxylic acids is 1. The quantitative estimate of drug-likeness (QED) is 0.226. The van der Waals surface area contributed by atoms with Crippen LogP contribution in [0.5, 0.6) is 0 Å². The number of aryl methyl sites for hydroxylation is 1. The summed E-state index contributed by atoms with van der Waals surface area (Å²) < 4.78 is 55.0. The Morgan fingerprint density at radius 1 is 1.18 bits per heavy atom. The van der Waals surface area contributed by atoms with Crippen molar-refractivity contribution in [3.63, 3.8) is 0 Å². The first-order valence-electron chi connectivity index (χ1n) is 9.86. The Morgan fingerprint density at radius 3 is 2.42 bits per heavy atom. The first kappa shape index (κ1) is 24.1. The highest BCUT2D eigenvalue weighted by Gasteiger charge is 2.50. The molecule has 1 fully saturated rings. The summed E-state index contributed by atoms with van der Waals surface area (Å²) in [6.07, 6.45) is -3.64. The van der Waals surface area contributed by atoms with Gasteiger partial charge in [-0.1, -0.05) is 12.1 Å². The maximum Gasteiger partial charge on any atom is 0.407 e. The van der Waals surface area contributed by atoms with Crippen LogP contribution in [0, 0.1) is 23.7 Å². The molecule has 2 aromatic rings. The van der Waals surface area contributed by atoms with E-state index in [1.807, 2.05) is 6.07 Å². The number of unbranched alkanes of at least 4 members (excludes halogenated alkanes) is 1. The minimum absolute atomic E-state index is 0.106. The highest BCUT2D eigenvalue weighted by molar-refractivity contribution is 7.81. The molecule has 3 rings (SSSR count). The number of carbonyl (C=O) groups is 1. The molecule has 1 aliphatic heterocycles. The van der Waals surface area contributed by atoms with Crippen LogP contribution in [0.25, 0.3) is 4.85 Å². The Bertz CT molecular complexity index is 1210. The summed E-state index contributed by atoms with van der Waals surface area (Å²) >= 11 is 5.44. The molecule has 0 bridgehead atoms. The molecule has 2 aromatic carbocycles. The zero-order valence-corrected chi connectivity index (χ0v) is 18.5. The van der Waals surface area contributed by atoms with Crippen LogP contribution < -0.4 is 9.80 Å². The first-order chi connectivity index (χ1) is 15.4. The van der Waals surface area contributed by atoms with Gasteiger partial charge in [0.25, 0.3) is 5.91 Å². The maximum absolute atomic E-state index is 14.7. The van der Waals surface area contributed by atoms with Gasteiger partial charge in [-0.3, -0.25) is 9.69 Å². The van der Waals surface area contributed by atoms with Crippen molar-refractivity contribution in [2.45, 2.75) is 44.8 Å². The predicted molar refractivity (Wildman–Crippen MR) is 119 cm³/mol. The number of halogens is 4. The molecule has 0 radical (unpaired) electrons. The molecule has 0 N–H and O–H groups in total. The number of nitrogens with zero attached hydrogens (tertiary/aromatic N) is 4. The number of hydrogen-bond acceptors (Lipinski definition) is 3. The third-order valence-electron chi connectivity index (χ3n) is 5.36. The van der Waals surface area contributed by atoms with E-state index in [4.69, 9.17) is 24.1 Å². The molecule has 1 aliphatic rings. The number of rotatable bonds is 5. The average Bonchev–Trinajstić information content (AvgIpc) is 2.92. The summed E-state index contributed by atoms with van der Waals surface area (Å²) in [5, 5.41) is 8.54. The Balaban J connectivity index is 2.02. The van der Waals surface area contributed by atoms with Gasteiger partial charge < -0.3 is 4.90 Å². The Morgan fingerprint density at radius 2 is 1.85 bits per heavy atom. The molecule has 1 amide bonds. The van der Waals surface area contributed by atoms with E-state index in [9.17, 15) is 22.4 Å². The molecule has 0 aromatic heterocycles. The molecule has 1 saturated heterocycles. The van der Waals surface area contributed by atoms with E-state index >= 15 is 0 Å². The number of nitriles is 1. The number of alkyl halides is 3. The van der Waals surface area contributed by atoms with Crippen LogP contribution in [-0.2, 0) is 17.4 Å². The Hall–Kier alpha value is -3.50. The third-order valence-corrected chi connectivity index (χ3v) is 5.73. The van der Waals surface area contributed by atoms with Crippen molar-refractivity contribution < 1.29 is 22.4 Å². The van der Waals surface area contributed by atoms with Gasteiger partial charge in [0, 0.05) is 17.8 Å². The van der Waals surface area contributed by atoms with E-state index < -0.39 is 34.7 Å². The van der Waals surface area contributed by atoms with Crippen molar-refractivity contribution in [1.82, 2.24) is 0 Å². The molecular weight excluding hydrogens is 456 g/mol. The second-order valence-corrected chi connectivity index (χ2v) is 8.28. The van der Waals surface area contributed by atoms with Gasteiger partial charge >= 0.3 is 6.18 Å². The van der Waals surface area contributed by atoms with Crippen LogP contribution in [0.3, 0.4) is 0 Å². The van der Waals surface area contributed by atoms with Crippen LogP contribution in [0.4, 0.5) is 34.6 Å². The monoisotopic (exact) mass is 474 g/mol. The van der Waals surface area contributed by atoms with E-state index in [1.165, 1.54) is 17.0 Å². The lowest BCUT2D eigenvalue weighted by molar-refractivity contribution is -0.136. The smallest absolute Gasteiger partial charge is 0.303 e. The van der Waals surface area contributed by atoms with Crippen molar-refractivity contribution in [1.29, 1.82) is 5.26 Å². The first-order valence-corrected chi connectivity index (χ1v) is 10.3. The van der Waals surface area contributed by atoms with Crippen molar-refractivity contribution >= 4 is 40.3 Å². The summed E-state index contributed by atoms with van der Waals surface area (Å²) in [6, 6.07) is 9.28. The lowest BCUT2D eigenvalue weighted by Gasteiger charge is -2.29. The summed E-state index contributed by atoms with van der Waals surface area (Å²) in [5.74, 6) is -1.12. The minimum Gasteiger partial charge on any atom is -0.303 e. The van der Waals surface area contributed by atoms with E-state index in [0.717, 1.165) is 17.0 Å². The molecule has 170 valence electrons. The standard InChI is InChI=1S/C23H18F4N4OS/c1-22(2)20(32)30(15-9-10-19(29-3)17(12-15)23(25,26)27)21(33)31(22)16-8-7-14(18(24)13-16)6-4-5-11-28/h7-10,12-13H,4-6H2,1-2H3. The van der Waals surface area contributed by atoms with Crippen molar-refractivity contribution in [2.24, 2.45) is 0 Å². The van der Waals surface area contributed by atoms with Crippen LogP contribution in [0.1, 0.15) is 37.8 Å². The fourth-order valence-electron chi connectivity index (χ4n) is 3.68. The molecule has 0 spiro atoms. The lowest BCUT2D eigenvalue weighted by Crippen LogP contribution is -2.44. The zero-order chi connectivity index (χ0) is 24.6. The van der Waals surface area contributed by atoms with Gasteiger partial charge in [-0.15, -0.1) is 0 Å². The van der Waals surface area contributed by atoms with Crippen LogP contribution in [0.2, 0.25) is 0 Å². The fourth-order valence-corrected chi connectivity index (χ4v) is 4.20. The number of thiocarbonyl (C=S) groups is 1. The highest BCUT2D eigenvalue weighted by Crippen LogP contribution is 2.42. The number of anilines is 2. The van der Waals surface area contributed by atoms with Gasteiger partial charge in [-0.2, -0.15) is 18.4 Å². The Labute approximate surface area is 193 Å². The molecular formula is C23H18F4N4OS. The fraction of sp³-hybridized carbons (Fsp3) is 0.304. The lowest BCUT2D eigenvalue weighted by atomic mass is 10.0. The van der Waals surface area contributed by atoms with E-state index in [2.05, 4.69) is 4.85 Å². The predicted octanol–water partition coefficient (Wildman–Crippen LogP) is 6.16. The summed E-state index contributed by atoms with van der Waals surface area (Å²) in [6.45, 7) is 10.1. The molecule has 0 atom stereocenters. The van der Waals surface area contributed by atoms with Crippen LogP contribution >= 0.6 is 12.2 Å². The molecule has 1 heterocycles. The van der Waals surface area contributed by atoms with Crippen LogP contribution in [-0.4, -0.2) is 16.6 Å². The number of hydrogen-bond donors (Lipinski definition) is 0. The summed E-state index contributed by atoms with van der Waals surface area (Å²) in [4.78, 5) is 18.5. The molecule has 0 aliphatic carbocycles. The molecule has 5 nitrogen and oxygen atoms in total. The molecule has 0 saturated carbocycles. The largest absolute Gasteiger partial charge is 0.407 e. The van der Waals surface area contributed by atoms with Gasteiger partial charge in [0.1, 0.15) is 11.4 Å².